The zero-order valence-electron chi connectivity index (χ0n) is 12.4. The number of imide groups is 1. The first-order valence-corrected chi connectivity index (χ1v) is 7.31. The van der Waals surface area contributed by atoms with E-state index in [0.717, 1.165) is 0 Å². The van der Waals surface area contributed by atoms with Crippen LogP contribution in [0.2, 0.25) is 0 Å². The minimum atomic E-state index is -5.16. The number of rotatable bonds is 4. The lowest BCUT2D eigenvalue weighted by molar-refractivity contribution is -0.204. The molecule has 1 atom stereocenters. The molecule has 24 heavy (non-hydrogen) atoms. The molecule has 128 valence electrons. The Morgan fingerprint density at radius 1 is 1.25 bits per heavy atom. The average Bonchev–Trinajstić information content (AvgIpc) is 3.32. The Morgan fingerprint density at radius 3 is 2.42 bits per heavy atom. The Labute approximate surface area is 135 Å². The molecule has 1 saturated heterocycles. The second-order valence-corrected chi connectivity index (χ2v) is 5.82. The molecule has 9 heteroatoms. The smallest absolute Gasteiger partial charge is 0.318 e. The second-order valence-electron chi connectivity index (χ2n) is 5.82. The summed E-state index contributed by atoms with van der Waals surface area (Å²) in [5.74, 6) is -2.96. The largest absolute Gasteiger partial charge is 0.440 e. The highest BCUT2D eigenvalue weighted by Gasteiger charge is 2.69. The Bertz CT molecular complexity index is 688. The molecule has 6 nitrogen and oxygen atoms in total. The first-order valence-electron chi connectivity index (χ1n) is 7.31. The van der Waals surface area contributed by atoms with Crippen LogP contribution in [0, 0.1) is 5.92 Å². The van der Waals surface area contributed by atoms with Gasteiger partial charge >= 0.3 is 12.2 Å². The maximum absolute atomic E-state index is 13.5. The standard InChI is InChI=1S/C15H14F3N3O3/c16-15(17,18)14(19-11(22)10-6-7-10)12(23)21(13(24)20-14)8-9-4-2-1-3-5-9/h1-5,10H,6-8H2,(H,19,22)(H,20,24). The van der Waals surface area contributed by atoms with Crippen molar-refractivity contribution in [3.05, 3.63) is 35.9 Å². The van der Waals surface area contributed by atoms with E-state index in [0.29, 0.717) is 23.3 Å². The third-order valence-electron chi connectivity index (χ3n) is 3.97. The van der Waals surface area contributed by atoms with Crippen LogP contribution in [0.5, 0.6) is 0 Å². The summed E-state index contributed by atoms with van der Waals surface area (Å²) in [6.07, 6.45) is -4.22. The molecule has 2 fully saturated rings. The number of halogens is 3. The quantitative estimate of drug-likeness (QED) is 0.815. The SMILES string of the molecule is O=C(NC1(C(F)(F)F)NC(=O)N(Cc2ccccc2)C1=O)C1CC1. The zero-order chi connectivity index (χ0) is 17.5. The van der Waals surface area contributed by atoms with Crippen molar-refractivity contribution < 1.29 is 27.6 Å². The van der Waals surface area contributed by atoms with Crippen molar-refractivity contribution >= 4 is 17.8 Å². The molecule has 4 amide bonds. The highest BCUT2D eigenvalue weighted by Crippen LogP contribution is 2.36. The number of alkyl halides is 3. The molecule has 0 bridgehead atoms. The fourth-order valence-electron chi connectivity index (χ4n) is 2.47. The van der Waals surface area contributed by atoms with Gasteiger partial charge in [-0.3, -0.25) is 19.8 Å². The van der Waals surface area contributed by atoms with Gasteiger partial charge in [0.1, 0.15) is 0 Å². The summed E-state index contributed by atoms with van der Waals surface area (Å²) in [6, 6.07) is 6.94. The third-order valence-corrected chi connectivity index (χ3v) is 3.97. The van der Waals surface area contributed by atoms with Gasteiger partial charge in [-0.1, -0.05) is 30.3 Å². The molecule has 1 aliphatic heterocycles. The molecule has 3 rings (SSSR count). The molecular formula is C15H14F3N3O3. The Kier molecular flexibility index (Phi) is 3.73. The van der Waals surface area contributed by atoms with Crippen LogP contribution in [0.15, 0.2) is 30.3 Å². The highest BCUT2D eigenvalue weighted by molar-refractivity contribution is 6.09. The highest BCUT2D eigenvalue weighted by atomic mass is 19.4. The van der Waals surface area contributed by atoms with Crippen molar-refractivity contribution in [1.82, 2.24) is 15.5 Å². The van der Waals surface area contributed by atoms with Gasteiger partial charge in [0.05, 0.1) is 6.54 Å². The molecule has 1 heterocycles. The Balaban J connectivity index is 1.88. The third kappa shape index (κ3) is 2.70. The average molecular weight is 341 g/mol. The van der Waals surface area contributed by atoms with Crippen molar-refractivity contribution in [3.63, 3.8) is 0 Å². The van der Waals surface area contributed by atoms with Crippen molar-refractivity contribution in [2.75, 3.05) is 0 Å². The van der Waals surface area contributed by atoms with Gasteiger partial charge in [-0.25, -0.2) is 4.79 Å². The topological polar surface area (TPSA) is 78.5 Å². The molecule has 0 radical (unpaired) electrons. The van der Waals surface area contributed by atoms with Gasteiger partial charge < -0.3 is 5.32 Å². The van der Waals surface area contributed by atoms with E-state index in [4.69, 9.17) is 0 Å². The summed E-state index contributed by atoms with van der Waals surface area (Å²) in [5, 5.41) is 3.32. The maximum atomic E-state index is 13.5. The molecule has 1 aromatic rings. The number of nitrogens with zero attached hydrogens (tertiary/aromatic N) is 1. The maximum Gasteiger partial charge on any atom is 0.440 e. The van der Waals surface area contributed by atoms with Crippen LogP contribution in [0.1, 0.15) is 18.4 Å². The number of carbonyl (C=O) groups is 3. The van der Waals surface area contributed by atoms with E-state index in [1.807, 2.05) is 0 Å². The molecular weight excluding hydrogens is 327 g/mol. The van der Waals surface area contributed by atoms with Gasteiger partial charge in [-0.2, -0.15) is 13.2 Å². The van der Waals surface area contributed by atoms with Crippen LogP contribution < -0.4 is 10.6 Å². The van der Waals surface area contributed by atoms with Gasteiger partial charge in [0, 0.05) is 5.92 Å². The van der Waals surface area contributed by atoms with Gasteiger partial charge in [0.2, 0.25) is 5.91 Å². The molecule has 0 spiro atoms. The Hall–Kier alpha value is -2.58. The number of hydrogen-bond donors (Lipinski definition) is 2. The molecule has 1 aliphatic carbocycles. The molecule has 1 unspecified atom stereocenters. The lowest BCUT2D eigenvalue weighted by atomic mass is 10.1. The summed E-state index contributed by atoms with van der Waals surface area (Å²) in [6.45, 7) is -0.317. The van der Waals surface area contributed by atoms with E-state index < -0.39 is 35.6 Å². The van der Waals surface area contributed by atoms with Crippen molar-refractivity contribution in [3.8, 4) is 0 Å². The number of benzene rings is 1. The lowest BCUT2D eigenvalue weighted by Gasteiger charge is -2.29. The predicted molar refractivity (Wildman–Crippen MR) is 75.2 cm³/mol. The minimum Gasteiger partial charge on any atom is -0.318 e. The molecule has 1 saturated carbocycles. The summed E-state index contributed by atoms with van der Waals surface area (Å²) < 4.78 is 40.6. The lowest BCUT2D eigenvalue weighted by Crippen LogP contribution is -2.69. The fourth-order valence-corrected chi connectivity index (χ4v) is 2.47. The Morgan fingerprint density at radius 2 is 1.88 bits per heavy atom. The zero-order valence-corrected chi connectivity index (χ0v) is 12.4. The van der Waals surface area contributed by atoms with Crippen LogP contribution in [-0.2, 0) is 16.1 Å². The monoisotopic (exact) mass is 341 g/mol. The number of amides is 4. The number of carbonyl (C=O) groups excluding carboxylic acids is 3. The van der Waals surface area contributed by atoms with E-state index >= 15 is 0 Å². The molecule has 1 aromatic carbocycles. The normalized spacial score (nSPS) is 24.0. The minimum absolute atomic E-state index is 0.317. The molecule has 2 N–H and O–H groups in total. The van der Waals surface area contributed by atoms with Gasteiger partial charge in [0.25, 0.3) is 11.6 Å². The van der Waals surface area contributed by atoms with Gasteiger partial charge in [0.15, 0.2) is 0 Å². The first kappa shape index (κ1) is 16.3. The van der Waals surface area contributed by atoms with E-state index in [9.17, 15) is 27.6 Å². The van der Waals surface area contributed by atoms with Crippen LogP contribution in [0.25, 0.3) is 0 Å². The first-order chi connectivity index (χ1) is 11.2. The van der Waals surface area contributed by atoms with E-state index in [1.165, 1.54) is 0 Å². The summed E-state index contributed by atoms with van der Waals surface area (Å²) >= 11 is 0. The summed E-state index contributed by atoms with van der Waals surface area (Å²) in [7, 11) is 0. The summed E-state index contributed by atoms with van der Waals surface area (Å²) in [5.41, 5.74) is -2.91. The molecule has 0 aromatic heterocycles. The van der Waals surface area contributed by atoms with Crippen molar-refractivity contribution in [2.45, 2.75) is 31.2 Å². The van der Waals surface area contributed by atoms with Crippen LogP contribution >= 0.6 is 0 Å². The van der Waals surface area contributed by atoms with Crippen LogP contribution in [-0.4, -0.2) is 34.6 Å². The number of nitrogens with one attached hydrogen (secondary N) is 2. The fraction of sp³-hybridized carbons (Fsp3) is 0.400. The number of urea groups is 1. The van der Waals surface area contributed by atoms with Crippen molar-refractivity contribution in [1.29, 1.82) is 0 Å². The predicted octanol–water partition coefficient (Wildman–Crippen LogP) is 1.52. The van der Waals surface area contributed by atoms with E-state index in [1.54, 1.807) is 41.0 Å². The van der Waals surface area contributed by atoms with Crippen LogP contribution in [0.3, 0.4) is 0 Å². The van der Waals surface area contributed by atoms with Gasteiger partial charge in [-0.15, -0.1) is 0 Å². The van der Waals surface area contributed by atoms with Crippen LogP contribution in [0.4, 0.5) is 18.0 Å². The molecule has 2 aliphatic rings. The van der Waals surface area contributed by atoms with Crippen molar-refractivity contribution in [2.24, 2.45) is 5.92 Å². The second kappa shape index (κ2) is 5.50. The number of hydrogen-bond acceptors (Lipinski definition) is 3. The summed E-state index contributed by atoms with van der Waals surface area (Å²) in [4.78, 5) is 36.6. The van der Waals surface area contributed by atoms with E-state index in [-0.39, 0.29) is 6.54 Å². The van der Waals surface area contributed by atoms with E-state index in [2.05, 4.69) is 0 Å². The van der Waals surface area contributed by atoms with Gasteiger partial charge in [-0.05, 0) is 18.4 Å².